The average Bonchev–Trinajstić information content (AvgIpc) is 3.16. The number of carbonyl (C=O) groups is 1. The number of benzene rings is 2. The highest BCUT2D eigenvalue weighted by atomic mass is 16.5. The molecule has 0 aliphatic carbocycles. The Balaban J connectivity index is 1.90. The van der Waals surface area contributed by atoms with Crippen LogP contribution in [0.5, 0.6) is 23.0 Å². The Morgan fingerprint density at radius 3 is 2.72 bits per heavy atom. The minimum atomic E-state index is -0.593. The Kier molecular flexibility index (Phi) is 4.70. The number of aromatic hydroxyl groups is 2. The van der Waals surface area contributed by atoms with Gasteiger partial charge in [0, 0.05) is 5.56 Å². The topological polar surface area (TPSA) is 89.1 Å². The van der Waals surface area contributed by atoms with Crippen molar-refractivity contribution in [1.82, 2.24) is 0 Å². The van der Waals surface area contributed by atoms with Gasteiger partial charge in [0.25, 0.3) is 0 Å². The summed E-state index contributed by atoms with van der Waals surface area (Å²) < 4.78 is 17.6. The molecule has 2 N–H and O–H groups in total. The number of ketones is 1. The third-order valence-electron chi connectivity index (χ3n) is 5.11. The molecule has 4 rings (SSSR count). The summed E-state index contributed by atoms with van der Waals surface area (Å²) in [6.07, 6.45) is 3.63. The first kappa shape index (κ1) is 18.9. The Bertz CT molecular complexity index is 1130. The fourth-order valence-electron chi connectivity index (χ4n) is 3.69. The average molecular weight is 394 g/mol. The number of Topliss-reactive ketones (excluding diaryl/α,β-unsaturated/α-hetero) is 1. The summed E-state index contributed by atoms with van der Waals surface area (Å²) in [5.74, 6) is 0.472. The van der Waals surface area contributed by atoms with Crippen molar-refractivity contribution in [3.8, 4) is 23.0 Å². The Hall–Kier alpha value is -3.41. The number of fused-ring (bicyclic) bond motifs is 3. The number of allylic oxidation sites excluding steroid dienone is 2. The van der Waals surface area contributed by atoms with Gasteiger partial charge in [-0.25, -0.2) is 0 Å². The van der Waals surface area contributed by atoms with Gasteiger partial charge in [0.2, 0.25) is 0 Å². The molecule has 2 aromatic carbocycles. The minimum absolute atomic E-state index is 0.0986. The molecule has 0 fully saturated rings. The standard InChI is InChI=1S/C23H22O6/c1-12(2)4-6-14-21(27-3)15-8-9-28-22(15)20-18(26)11-19(29-23(14)20)13-5-7-16(24)17(25)10-13/h4-5,7-10,19,24-25H,6,11H2,1-3H3. The number of phenols is 2. The molecule has 1 aliphatic rings. The van der Waals surface area contributed by atoms with Gasteiger partial charge in [-0.2, -0.15) is 0 Å². The fraction of sp³-hybridized carbons (Fsp3) is 0.261. The molecule has 1 atom stereocenters. The molecule has 0 saturated heterocycles. The molecule has 0 amide bonds. The van der Waals surface area contributed by atoms with Gasteiger partial charge in [-0.3, -0.25) is 4.79 Å². The molecule has 6 nitrogen and oxygen atoms in total. The van der Waals surface area contributed by atoms with Crippen LogP contribution < -0.4 is 9.47 Å². The van der Waals surface area contributed by atoms with Crippen molar-refractivity contribution in [3.05, 3.63) is 58.9 Å². The van der Waals surface area contributed by atoms with Gasteiger partial charge in [-0.15, -0.1) is 0 Å². The molecule has 1 aliphatic heterocycles. The number of methoxy groups -OCH3 is 1. The van der Waals surface area contributed by atoms with Gasteiger partial charge < -0.3 is 24.1 Å². The summed E-state index contributed by atoms with van der Waals surface area (Å²) in [6.45, 7) is 4.01. The van der Waals surface area contributed by atoms with E-state index in [9.17, 15) is 15.0 Å². The van der Waals surface area contributed by atoms with Crippen LogP contribution >= 0.6 is 0 Å². The summed E-state index contributed by atoms with van der Waals surface area (Å²) in [5, 5.41) is 20.2. The second-order valence-electron chi connectivity index (χ2n) is 7.35. The number of phenolic OH excluding ortho intramolecular Hbond substituents is 2. The van der Waals surface area contributed by atoms with E-state index >= 15 is 0 Å². The van der Waals surface area contributed by atoms with Gasteiger partial charge in [-0.1, -0.05) is 17.7 Å². The molecule has 1 unspecified atom stereocenters. The molecule has 2 heterocycles. The van der Waals surface area contributed by atoms with E-state index in [1.807, 2.05) is 19.9 Å². The van der Waals surface area contributed by atoms with Gasteiger partial charge >= 0.3 is 0 Å². The molecule has 6 heteroatoms. The maximum Gasteiger partial charge on any atom is 0.174 e. The van der Waals surface area contributed by atoms with Crippen LogP contribution in [0.2, 0.25) is 0 Å². The van der Waals surface area contributed by atoms with Crippen LogP contribution in [0.25, 0.3) is 11.0 Å². The van der Waals surface area contributed by atoms with Crippen LogP contribution in [0.1, 0.15) is 47.9 Å². The van der Waals surface area contributed by atoms with E-state index < -0.39 is 6.10 Å². The first-order chi connectivity index (χ1) is 13.9. The Morgan fingerprint density at radius 2 is 2.03 bits per heavy atom. The second kappa shape index (κ2) is 7.20. The van der Waals surface area contributed by atoms with Gasteiger partial charge in [-0.05, 0) is 44.0 Å². The van der Waals surface area contributed by atoms with E-state index in [1.54, 1.807) is 19.2 Å². The lowest BCUT2D eigenvalue weighted by molar-refractivity contribution is 0.0848. The predicted octanol–water partition coefficient (Wildman–Crippen LogP) is 5.07. The maximum atomic E-state index is 13.1. The fourth-order valence-corrected chi connectivity index (χ4v) is 3.69. The van der Waals surface area contributed by atoms with E-state index in [0.717, 1.165) is 16.5 Å². The van der Waals surface area contributed by atoms with Gasteiger partial charge in [0.1, 0.15) is 23.2 Å². The minimum Gasteiger partial charge on any atom is -0.504 e. The number of hydrogen-bond donors (Lipinski definition) is 2. The number of rotatable bonds is 4. The third kappa shape index (κ3) is 3.20. The van der Waals surface area contributed by atoms with Crippen molar-refractivity contribution in [3.63, 3.8) is 0 Å². The molecule has 3 aromatic rings. The number of furan rings is 1. The highest BCUT2D eigenvalue weighted by Crippen LogP contribution is 2.47. The lowest BCUT2D eigenvalue weighted by atomic mass is 9.91. The van der Waals surface area contributed by atoms with Gasteiger partial charge in [0.05, 0.1) is 25.2 Å². The normalized spacial score (nSPS) is 15.7. The van der Waals surface area contributed by atoms with Crippen LogP contribution in [-0.4, -0.2) is 23.1 Å². The lowest BCUT2D eigenvalue weighted by Gasteiger charge is -2.28. The largest absolute Gasteiger partial charge is 0.504 e. The Morgan fingerprint density at radius 1 is 1.24 bits per heavy atom. The zero-order valence-corrected chi connectivity index (χ0v) is 16.5. The molecular formula is C23H22O6. The first-order valence-electron chi connectivity index (χ1n) is 9.35. The zero-order valence-electron chi connectivity index (χ0n) is 16.5. The summed E-state index contributed by atoms with van der Waals surface area (Å²) in [4.78, 5) is 13.1. The molecule has 1 aromatic heterocycles. The second-order valence-corrected chi connectivity index (χ2v) is 7.35. The predicted molar refractivity (Wildman–Crippen MR) is 108 cm³/mol. The van der Waals surface area contributed by atoms with E-state index in [0.29, 0.717) is 34.6 Å². The van der Waals surface area contributed by atoms with Crippen molar-refractivity contribution >= 4 is 16.8 Å². The number of ether oxygens (including phenoxy) is 2. The molecule has 0 radical (unpaired) electrons. The third-order valence-corrected chi connectivity index (χ3v) is 5.11. The van der Waals surface area contributed by atoms with Crippen molar-refractivity contribution in [2.45, 2.75) is 32.8 Å². The highest BCUT2D eigenvalue weighted by molar-refractivity contribution is 6.11. The smallest absolute Gasteiger partial charge is 0.174 e. The molecule has 0 saturated carbocycles. The first-order valence-corrected chi connectivity index (χ1v) is 9.35. The van der Waals surface area contributed by atoms with E-state index in [4.69, 9.17) is 13.9 Å². The summed E-state index contributed by atoms with van der Waals surface area (Å²) >= 11 is 0. The highest BCUT2D eigenvalue weighted by Gasteiger charge is 2.35. The number of carbonyl (C=O) groups excluding carboxylic acids is 1. The molecular weight excluding hydrogens is 372 g/mol. The van der Waals surface area contributed by atoms with Crippen molar-refractivity contribution in [2.24, 2.45) is 0 Å². The zero-order chi connectivity index (χ0) is 20.7. The Labute approximate surface area is 168 Å². The van der Waals surface area contributed by atoms with Crippen molar-refractivity contribution < 1.29 is 28.9 Å². The van der Waals surface area contributed by atoms with Crippen molar-refractivity contribution in [2.75, 3.05) is 7.11 Å². The van der Waals surface area contributed by atoms with Crippen molar-refractivity contribution in [1.29, 1.82) is 0 Å². The maximum absolute atomic E-state index is 13.1. The SMILES string of the molecule is COc1c(CC=C(C)C)c2c(c3occc13)C(=O)CC(c1ccc(O)c(O)c1)O2. The number of hydrogen-bond acceptors (Lipinski definition) is 6. The molecule has 150 valence electrons. The van der Waals surface area contributed by atoms with Crippen LogP contribution in [0.4, 0.5) is 0 Å². The van der Waals surface area contributed by atoms with Crippen LogP contribution in [-0.2, 0) is 6.42 Å². The van der Waals surface area contributed by atoms with E-state index in [1.165, 1.54) is 18.4 Å². The monoisotopic (exact) mass is 394 g/mol. The summed E-state index contributed by atoms with van der Waals surface area (Å²) in [7, 11) is 1.58. The van der Waals surface area contributed by atoms with Gasteiger partial charge in [0.15, 0.2) is 22.9 Å². The van der Waals surface area contributed by atoms with Crippen LogP contribution in [0.3, 0.4) is 0 Å². The molecule has 29 heavy (non-hydrogen) atoms. The summed E-state index contributed by atoms with van der Waals surface area (Å²) in [5.41, 5.74) is 3.39. The molecule has 0 bridgehead atoms. The lowest BCUT2D eigenvalue weighted by Crippen LogP contribution is -2.22. The van der Waals surface area contributed by atoms with E-state index in [-0.39, 0.29) is 23.7 Å². The van der Waals surface area contributed by atoms with Crippen LogP contribution in [0, 0.1) is 0 Å². The van der Waals surface area contributed by atoms with E-state index in [2.05, 4.69) is 0 Å². The quantitative estimate of drug-likeness (QED) is 0.474. The molecule has 0 spiro atoms. The van der Waals surface area contributed by atoms with Crippen LogP contribution in [0.15, 0.2) is 46.6 Å². The summed E-state index contributed by atoms with van der Waals surface area (Å²) in [6, 6.07) is 6.22.